The predicted octanol–water partition coefficient (Wildman–Crippen LogP) is 0.768. The zero-order chi connectivity index (χ0) is 8.59. The van der Waals surface area contributed by atoms with Gasteiger partial charge in [-0.1, -0.05) is 0 Å². The van der Waals surface area contributed by atoms with Gasteiger partial charge in [0.2, 0.25) is 5.78 Å². The van der Waals surface area contributed by atoms with Crippen molar-refractivity contribution in [2.75, 3.05) is 0 Å². The second-order valence-corrected chi connectivity index (χ2v) is 2.59. The number of hydrogen-bond donors (Lipinski definition) is 2. The number of Topliss-reactive ketones (excluding diaryl/α,β-unsaturated/α-hetero) is 1. The lowest BCUT2D eigenvalue weighted by Gasteiger charge is -2.11. The van der Waals surface area contributed by atoms with E-state index in [1.165, 1.54) is 6.08 Å². The van der Waals surface area contributed by atoms with Crippen LogP contribution in [0.5, 0.6) is 0 Å². The van der Waals surface area contributed by atoms with Gasteiger partial charge in [0.15, 0.2) is 0 Å². The topological polar surface area (TPSA) is 66.9 Å². The fourth-order valence-corrected chi connectivity index (χ4v) is 0.918. The summed E-state index contributed by atoms with van der Waals surface area (Å²) in [7, 11) is 0. The highest BCUT2D eigenvalue weighted by atomic mass is 16.1. The van der Waals surface area contributed by atoms with Crippen molar-refractivity contribution in [3.8, 4) is 0 Å². The first kappa shape index (κ1) is 7.72. The molecule has 0 unspecified atom stereocenters. The molecule has 1 aliphatic rings. The summed E-state index contributed by atoms with van der Waals surface area (Å²) < 4.78 is 0. The van der Waals surface area contributed by atoms with Crippen molar-refractivity contribution in [1.29, 1.82) is 5.41 Å². The fourth-order valence-electron chi connectivity index (χ4n) is 0.918. The van der Waals surface area contributed by atoms with Gasteiger partial charge in [-0.2, -0.15) is 0 Å². The molecule has 0 heterocycles. The molecule has 58 valence electrons. The molecule has 1 rings (SSSR count). The van der Waals surface area contributed by atoms with Crippen LogP contribution in [0.15, 0.2) is 22.9 Å². The zero-order valence-corrected chi connectivity index (χ0v) is 6.56. The van der Waals surface area contributed by atoms with Crippen molar-refractivity contribution >= 4 is 11.5 Å². The molecular weight excluding hydrogens is 140 g/mol. The van der Waals surface area contributed by atoms with Gasteiger partial charge in [0.05, 0.1) is 11.4 Å². The van der Waals surface area contributed by atoms with Crippen LogP contribution in [0.2, 0.25) is 0 Å². The molecule has 0 amide bonds. The Balaban J connectivity index is 3.19. The fraction of sp³-hybridized carbons (Fsp3) is 0.250. The molecule has 0 spiro atoms. The van der Waals surface area contributed by atoms with E-state index < -0.39 is 0 Å². The molecule has 0 aliphatic heterocycles. The highest BCUT2D eigenvalue weighted by Gasteiger charge is 2.17. The minimum atomic E-state index is -0.154. The molecule has 0 aromatic carbocycles. The first-order valence-electron chi connectivity index (χ1n) is 3.32. The Kier molecular flexibility index (Phi) is 1.64. The average Bonchev–Trinajstić information content (AvgIpc) is 1.97. The van der Waals surface area contributed by atoms with Crippen molar-refractivity contribution in [3.05, 3.63) is 22.9 Å². The number of rotatable bonds is 0. The highest BCUT2D eigenvalue weighted by molar-refractivity contribution is 6.22. The zero-order valence-electron chi connectivity index (χ0n) is 6.56. The van der Waals surface area contributed by atoms with Gasteiger partial charge in [-0.3, -0.25) is 4.79 Å². The Bertz CT molecular complexity index is 297. The van der Waals surface area contributed by atoms with Gasteiger partial charge in [0.1, 0.15) is 0 Å². The van der Waals surface area contributed by atoms with E-state index >= 15 is 0 Å². The Hall–Kier alpha value is -1.38. The van der Waals surface area contributed by atoms with Crippen LogP contribution in [0.1, 0.15) is 13.8 Å². The highest BCUT2D eigenvalue weighted by Crippen LogP contribution is 2.15. The van der Waals surface area contributed by atoms with E-state index in [0.29, 0.717) is 16.9 Å². The summed E-state index contributed by atoms with van der Waals surface area (Å²) in [5.74, 6) is -0.154. The number of nitrogens with one attached hydrogen (secondary N) is 1. The maximum absolute atomic E-state index is 11.1. The molecule has 0 radical (unpaired) electrons. The van der Waals surface area contributed by atoms with E-state index in [-0.39, 0.29) is 11.5 Å². The summed E-state index contributed by atoms with van der Waals surface area (Å²) in [6.07, 6.45) is 1.39. The first-order valence-corrected chi connectivity index (χ1v) is 3.32. The number of allylic oxidation sites excluding steroid dienone is 3. The van der Waals surface area contributed by atoms with Gasteiger partial charge in [-0.25, -0.2) is 0 Å². The average molecular weight is 150 g/mol. The second kappa shape index (κ2) is 2.34. The van der Waals surface area contributed by atoms with Crippen LogP contribution < -0.4 is 5.73 Å². The number of ketones is 1. The van der Waals surface area contributed by atoms with Crippen LogP contribution in [0, 0.1) is 5.41 Å². The Morgan fingerprint density at radius 1 is 1.36 bits per heavy atom. The molecule has 0 bridgehead atoms. The van der Waals surface area contributed by atoms with Crippen molar-refractivity contribution < 1.29 is 4.79 Å². The Morgan fingerprint density at radius 3 is 2.45 bits per heavy atom. The molecule has 0 fully saturated rings. The molecule has 3 nitrogen and oxygen atoms in total. The molecule has 0 saturated carbocycles. The molecule has 11 heavy (non-hydrogen) atoms. The van der Waals surface area contributed by atoms with E-state index in [9.17, 15) is 4.79 Å². The summed E-state index contributed by atoms with van der Waals surface area (Å²) in [6, 6.07) is 0. The smallest absolute Gasteiger partial charge is 0.204 e. The number of carbonyl (C=O) groups excluding carboxylic acids is 1. The van der Waals surface area contributed by atoms with Crippen LogP contribution in [0.4, 0.5) is 0 Å². The summed E-state index contributed by atoms with van der Waals surface area (Å²) in [5, 5.41) is 7.38. The minimum absolute atomic E-state index is 0.154. The summed E-state index contributed by atoms with van der Waals surface area (Å²) in [4.78, 5) is 11.1. The van der Waals surface area contributed by atoms with E-state index in [0.717, 1.165) is 0 Å². The lowest BCUT2D eigenvalue weighted by molar-refractivity contribution is -0.112. The standard InChI is InChI=1S/C8H10N2O/c1-4-5(2)8(11)7(10)3-6(4)9/h3,9H,10H2,1-2H3. The molecule has 0 atom stereocenters. The van der Waals surface area contributed by atoms with Gasteiger partial charge in [-0.15, -0.1) is 0 Å². The third kappa shape index (κ3) is 1.09. The summed E-state index contributed by atoms with van der Waals surface area (Å²) in [6.45, 7) is 3.44. The molecule has 3 N–H and O–H groups in total. The lowest BCUT2D eigenvalue weighted by Crippen LogP contribution is -2.20. The van der Waals surface area contributed by atoms with Crippen molar-refractivity contribution in [1.82, 2.24) is 0 Å². The van der Waals surface area contributed by atoms with Crippen molar-refractivity contribution in [3.63, 3.8) is 0 Å². The number of nitrogens with two attached hydrogens (primary N) is 1. The van der Waals surface area contributed by atoms with Crippen LogP contribution in [-0.2, 0) is 4.79 Å². The van der Waals surface area contributed by atoms with E-state index in [1.807, 2.05) is 0 Å². The van der Waals surface area contributed by atoms with E-state index in [1.54, 1.807) is 13.8 Å². The van der Waals surface area contributed by atoms with Crippen LogP contribution in [-0.4, -0.2) is 11.5 Å². The van der Waals surface area contributed by atoms with Crippen molar-refractivity contribution in [2.45, 2.75) is 13.8 Å². The van der Waals surface area contributed by atoms with Crippen molar-refractivity contribution in [2.24, 2.45) is 5.73 Å². The van der Waals surface area contributed by atoms with Gasteiger partial charge in [0, 0.05) is 5.57 Å². The normalized spacial score (nSPS) is 18.9. The third-order valence-corrected chi connectivity index (χ3v) is 1.87. The first-order chi connectivity index (χ1) is 5.04. The van der Waals surface area contributed by atoms with E-state index in [2.05, 4.69) is 0 Å². The molecular formula is C8H10N2O. The number of carbonyl (C=O) groups is 1. The minimum Gasteiger partial charge on any atom is -0.395 e. The van der Waals surface area contributed by atoms with Gasteiger partial charge < -0.3 is 11.1 Å². The Labute approximate surface area is 65.1 Å². The summed E-state index contributed by atoms with van der Waals surface area (Å²) in [5.41, 5.74) is 7.15. The van der Waals surface area contributed by atoms with Crippen LogP contribution in [0.25, 0.3) is 0 Å². The maximum atomic E-state index is 11.1. The summed E-state index contributed by atoms with van der Waals surface area (Å²) >= 11 is 0. The van der Waals surface area contributed by atoms with Gasteiger partial charge in [0.25, 0.3) is 0 Å². The monoisotopic (exact) mass is 150 g/mol. The second-order valence-electron chi connectivity index (χ2n) is 2.59. The molecule has 0 saturated heterocycles. The lowest BCUT2D eigenvalue weighted by atomic mass is 9.95. The quantitative estimate of drug-likeness (QED) is 0.501. The Morgan fingerprint density at radius 2 is 1.91 bits per heavy atom. The molecule has 0 aromatic rings. The van der Waals surface area contributed by atoms with E-state index in [4.69, 9.17) is 11.1 Å². The van der Waals surface area contributed by atoms with Crippen LogP contribution >= 0.6 is 0 Å². The molecule has 3 heteroatoms. The molecule has 1 aliphatic carbocycles. The third-order valence-electron chi connectivity index (χ3n) is 1.87. The predicted molar refractivity (Wildman–Crippen MR) is 43.4 cm³/mol. The SMILES string of the molecule is CC1=C(C)C(=O)C(N)=CC1=N. The largest absolute Gasteiger partial charge is 0.395 e. The van der Waals surface area contributed by atoms with Gasteiger partial charge >= 0.3 is 0 Å². The molecule has 0 aromatic heterocycles. The maximum Gasteiger partial charge on any atom is 0.204 e. The van der Waals surface area contributed by atoms with Gasteiger partial charge in [-0.05, 0) is 25.5 Å². The van der Waals surface area contributed by atoms with Crippen LogP contribution in [0.3, 0.4) is 0 Å². The number of hydrogen-bond acceptors (Lipinski definition) is 3.